The lowest BCUT2D eigenvalue weighted by Crippen LogP contribution is -2.37. The van der Waals surface area contributed by atoms with Crippen molar-refractivity contribution in [2.75, 3.05) is 11.9 Å². The van der Waals surface area contributed by atoms with Crippen LogP contribution in [0.1, 0.15) is 27.2 Å². The highest BCUT2D eigenvalue weighted by Gasteiger charge is 2.10. The number of anilines is 1. The maximum atomic E-state index is 11.9. The Morgan fingerprint density at radius 2 is 1.95 bits per heavy atom. The fourth-order valence-corrected chi connectivity index (χ4v) is 1.85. The summed E-state index contributed by atoms with van der Waals surface area (Å²) < 4.78 is 1.79. The predicted molar refractivity (Wildman–Crippen MR) is 82.4 cm³/mol. The Kier molecular flexibility index (Phi) is 4.70. The van der Waals surface area contributed by atoms with Gasteiger partial charge in [-0.05, 0) is 39.0 Å². The highest BCUT2D eigenvalue weighted by molar-refractivity contribution is 5.91. The zero-order valence-electron chi connectivity index (χ0n) is 12.6. The number of hydrogen-bond acceptors (Lipinski definition) is 4. The molecule has 0 atom stereocenters. The second-order valence-electron chi connectivity index (χ2n) is 5.89. The third-order valence-corrected chi connectivity index (χ3v) is 2.85. The van der Waals surface area contributed by atoms with Gasteiger partial charge in [-0.15, -0.1) is 10.2 Å². The van der Waals surface area contributed by atoms with Gasteiger partial charge >= 0.3 is 0 Å². The number of carbonyl (C=O) groups is 1. The molecule has 1 amide bonds. The standard InChI is InChI=1S/C15H21N5O/c1-15(2,3)16-8-7-14(21)19-12-5-4-6-13(9-12)20-10-17-18-11-20/h4-6,9-11,16H,7-8H2,1-3H3,(H,19,21). The van der Waals surface area contributed by atoms with E-state index in [0.717, 1.165) is 11.4 Å². The van der Waals surface area contributed by atoms with Crippen LogP contribution >= 0.6 is 0 Å². The van der Waals surface area contributed by atoms with Crippen LogP contribution < -0.4 is 10.6 Å². The number of aromatic nitrogens is 3. The summed E-state index contributed by atoms with van der Waals surface area (Å²) in [6, 6.07) is 7.57. The average molecular weight is 287 g/mol. The second-order valence-corrected chi connectivity index (χ2v) is 5.89. The van der Waals surface area contributed by atoms with Gasteiger partial charge in [-0.1, -0.05) is 6.07 Å². The lowest BCUT2D eigenvalue weighted by Gasteiger charge is -2.20. The molecule has 0 aliphatic carbocycles. The van der Waals surface area contributed by atoms with Gasteiger partial charge < -0.3 is 10.6 Å². The summed E-state index contributed by atoms with van der Waals surface area (Å²) in [5.41, 5.74) is 1.70. The molecule has 6 heteroatoms. The van der Waals surface area contributed by atoms with E-state index in [1.54, 1.807) is 17.2 Å². The van der Waals surface area contributed by atoms with Crippen LogP contribution in [0.25, 0.3) is 5.69 Å². The number of amides is 1. The molecular formula is C15H21N5O. The van der Waals surface area contributed by atoms with Gasteiger partial charge in [0, 0.05) is 24.2 Å². The molecule has 112 valence electrons. The Labute approximate surface area is 124 Å². The maximum Gasteiger partial charge on any atom is 0.225 e. The number of nitrogens with one attached hydrogen (secondary N) is 2. The molecular weight excluding hydrogens is 266 g/mol. The first-order chi connectivity index (χ1) is 9.94. The molecule has 21 heavy (non-hydrogen) atoms. The van der Waals surface area contributed by atoms with E-state index < -0.39 is 0 Å². The zero-order chi connectivity index (χ0) is 15.3. The Balaban J connectivity index is 1.91. The molecule has 0 aliphatic heterocycles. The van der Waals surface area contributed by atoms with Crippen LogP contribution in [-0.4, -0.2) is 32.8 Å². The fraction of sp³-hybridized carbons (Fsp3) is 0.400. The summed E-state index contributed by atoms with van der Waals surface area (Å²) in [5, 5.41) is 13.7. The van der Waals surface area contributed by atoms with Gasteiger partial charge in [0.2, 0.25) is 5.91 Å². The Morgan fingerprint density at radius 1 is 1.24 bits per heavy atom. The molecule has 0 unspecified atom stereocenters. The van der Waals surface area contributed by atoms with Crippen LogP contribution in [0, 0.1) is 0 Å². The number of hydrogen-bond donors (Lipinski definition) is 2. The van der Waals surface area contributed by atoms with Crippen LogP contribution in [0.4, 0.5) is 5.69 Å². The van der Waals surface area contributed by atoms with Crippen molar-refractivity contribution in [3.05, 3.63) is 36.9 Å². The third kappa shape index (κ3) is 5.00. The van der Waals surface area contributed by atoms with Gasteiger partial charge in [0.05, 0.1) is 5.69 Å². The van der Waals surface area contributed by atoms with Gasteiger partial charge in [-0.25, -0.2) is 0 Å². The van der Waals surface area contributed by atoms with Crippen molar-refractivity contribution in [3.8, 4) is 5.69 Å². The molecule has 2 aromatic rings. The SMILES string of the molecule is CC(C)(C)NCCC(=O)Nc1cccc(-n2cnnc2)c1. The van der Waals surface area contributed by atoms with Crippen molar-refractivity contribution in [1.29, 1.82) is 0 Å². The highest BCUT2D eigenvalue weighted by atomic mass is 16.1. The van der Waals surface area contributed by atoms with E-state index in [1.807, 2.05) is 24.3 Å². The molecule has 0 aliphatic rings. The quantitative estimate of drug-likeness (QED) is 0.882. The van der Waals surface area contributed by atoms with E-state index in [-0.39, 0.29) is 11.4 Å². The Morgan fingerprint density at radius 3 is 2.62 bits per heavy atom. The molecule has 0 radical (unpaired) electrons. The highest BCUT2D eigenvalue weighted by Crippen LogP contribution is 2.14. The van der Waals surface area contributed by atoms with E-state index in [2.05, 4.69) is 41.6 Å². The first kappa shape index (κ1) is 15.2. The summed E-state index contributed by atoms with van der Waals surface area (Å²) >= 11 is 0. The van der Waals surface area contributed by atoms with Gasteiger partial charge in [0.25, 0.3) is 0 Å². The van der Waals surface area contributed by atoms with Crippen LogP contribution in [-0.2, 0) is 4.79 Å². The monoisotopic (exact) mass is 287 g/mol. The molecule has 2 rings (SSSR count). The summed E-state index contributed by atoms with van der Waals surface area (Å²) in [7, 11) is 0. The normalized spacial score (nSPS) is 11.4. The van der Waals surface area contributed by atoms with Gasteiger partial charge in [-0.3, -0.25) is 9.36 Å². The molecule has 0 saturated heterocycles. The lowest BCUT2D eigenvalue weighted by molar-refractivity contribution is -0.116. The van der Waals surface area contributed by atoms with Crippen molar-refractivity contribution in [2.45, 2.75) is 32.7 Å². The average Bonchev–Trinajstić information content (AvgIpc) is 2.91. The molecule has 0 saturated carbocycles. The van der Waals surface area contributed by atoms with Gasteiger partial charge in [0.15, 0.2) is 0 Å². The topological polar surface area (TPSA) is 71.8 Å². The maximum absolute atomic E-state index is 11.9. The van der Waals surface area contributed by atoms with Crippen LogP contribution in [0.3, 0.4) is 0 Å². The third-order valence-electron chi connectivity index (χ3n) is 2.85. The summed E-state index contributed by atoms with van der Waals surface area (Å²) in [5.74, 6) is -0.00680. The molecule has 0 bridgehead atoms. The second kappa shape index (κ2) is 6.49. The molecule has 6 nitrogen and oxygen atoms in total. The molecule has 1 aromatic heterocycles. The van der Waals surface area contributed by atoms with Crippen LogP contribution in [0.5, 0.6) is 0 Å². The Bertz CT molecular complexity index is 586. The van der Waals surface area contributed by atoms with Gasteiger partial charge in [0.1, 0.15) is 12.7 Å². The van der Waals surface area contributed by atoms with Crippen molar-refractivity contribution in [1.82, 2.24) is 20.1 Å². The molecule has 2 N–H and O–H groups in total. The molecule has 1 aromatic carbocycles. The predicted octanol–water partition coefficient (Wildman–Crippen LogP) is 1.98. The fourth-order valence-electron chi connectivity index (χ4n) is 1.85. The van der Waals surface area contributed by atoms with E-state index >= 15 is 0 Å². The van der Waals surface area contributed by atoms with Gasteiger partial charge in [-0.2, -0.15) is 0 Å². The van der Waals surface area contributed by atoms with E-state index in [1.165, 1.54) is 0 Å². The van der Waals surface area contributed by atoms with Crippen molar-refractivity contribution in [3.63, 3.8) is 0 Å². The van der Waals surface area contributed by atoms with Crippen LogP contribution in [0.2, 0.25) is 0 Å². The summed E-state index contributed by atoms with van der Waals surface area (Å²) in [4.78, 5) is 11.9. The largest absolute Gasteiger partial charge is 0.326 e. The first-order valence-electron chi connectivity index (χ1n) is 6.94. The number of rotatable bonds is 5. The summed E-state index contributed by atoms with van der Waals surface area (Å²) in [6.45, 7) is 6.88. The lowest BCUT2D eigenvalue weighted by atomic mass is 10.1. The minimum Gasteiger partial charge on any atom is -0.326 e. The van der Waals surface area contributed by atoms with Crippen molar-refractivity contribution in [2.24, 2.45) is 0 Å². The number of carbonyl (C=O) groups excluding carboxylic acids is 1. The number of benzene rings is 1. The van der Waals surface area contributed by atoms with Crippen LogP contribution in [0.15, 0.2) is 36.9 Å². The minimum absolute atomic E-state index is 0.00680. The molecule has 0 spiro atoms. The van der Waals surface area contributed by atoms with Crippen molar-refractivity contribution < 1.29 is 4.79 Å². The van der Waals surface area contributed by atoms with E-state index in [4.69, 9.17) is 0 Å². The van der Waals surface area contributed by atoms with E-state index in [0.29, 0.717) is 13.0 Å². The van der Waals surface area contributed by atoms with Crippen molar-refractivity contribution >= 4 is 11.6 Å². The smallest absolute Gasteiger partial charge is 0.225 e. The number of nitrogens with zero attached hydrogens (tertiary/aromatic N) is 3. The molecule has 1 heterocycles. The molecule has 0 fully saturated rings. The first-order valence-corrected chi connectivity index (χ1v) is 6.94. The Hall–Kier alpha value is -2.21. The zero-order valence-corrected chi connectivity index (χ0v) is 12.6. The summed E-state index contributed by atoms with van der Waals surface area (Å²) in [6.07, 6.45) is 3.68. The minimum atomic E-state index is -0.00680. The van der Waals surface area contributed by atoms with E-state index in [9.17, 15) is 4.79 Å².